The molecule has 0 aliphatic heterocycles. The van der Waals surface area contributed by atoms with Crippen LogP contribution in [0.15, 0.2) is 54.6 Å². The molecular formula is C19H20FNO3. The maximum atomic E-state index is 12.9. The number of carboxylic acids is 1. The van der Waals surface area contributed by atoms with Gasteiger partial charge in [0.25, 0.3) is 0 Å². The van der Waals surface area contributed by atoms with Crippen LogP contribution in [0.25, 0.3) is 0 Å². The van der Waals surface area contributed by atoms with E-state index < -0.39 is 12.0 Å². The maximum Gasteiger partial charge on any atom is 0.326 e. The van der Waals surface area contributed by atoms with Gasteiger partial charge in [-0.25, -0.2) is 9.18 Å². The molecule has 5 heteroatoms. The molecule has 2 rings (SSSR count). The van der Waals surface area contributed by atoms with Gasteiger partial charge in [0, 0.05) is 12.8 Å². The fourth-order valence-corrected chi connectivity index (χ4v) is 2.49. The Balaban J connectivity index is 1.95. The smallest absolute Gasteiger partial charge is 0.326 e. The molecule has 0 fully saturated rings. The first-order chi connectivity index (χ1) is 11.5. The number of benzene rings is 2. The van der Waals surface area contributed by atoms with Crippen LogP contribution in [0.4, 0.5) is 4.39 Å². The molecule has 0 heterocycles. The van der Waals surface area contributed by atoms with E-state index in [9.17, 15) is 19.1 Å². The topological polar surface area (TPSA) is 66.4 Å². The Labute approximate surface area is 140 Å². The minimum atomic E-state index is -1.07. The first-order valence-electron chi connectivity index (χ1n) is 7.77. The van der Waals surface area contributed by atoms with E-state index >= 15 is 0 Å². The van der Waals surface area contributed by atoms with Crippen molar-refractivity contribution in [2.24, 2.45) is 0 Å². The molecule has 0 aromatic heterocycles. The molecule has 0 bridgehead atoms. The Morgan fingerprint density at radius 3 is 2.29 bits per heavy atom. The first kappa shape index (κ1) is 17.7. The van der Waals surface area contributed by atoms with Crippen LogP contribution in [-0.2, 0) is 16.0 Å². The van der Waals surface area contributed by atoms with Crippen LogP contribution in [0.2, 0.25) is 0 Å². The molecule has 0 radical (unpaired) electrons. The van der Waals surface area contributed by atoms with Crippen LogP contribution < -0.4 is 5.32 Å². The van der Waals surface area contributed by atoms with Crippen molar-refractivity contribution in [3.05, 3.63) is 71.5 Å². The summed E-state index contributed by atoms with van der Waals surface area (Å²) in [5, 5.41) is 11.9. The molecule has 0 aliphatic rings. The highest BCUT2D eigenvalue weighted by molar-refractivity contribution is 5.84. The van der Waals surface area contributed by atoms with Gasteiger partial charge in [-0.1, -0.05) is 49.4 Å². The van der Waals surface area contributed by atoms with Crippen LogP contribution in [0.5, 0.6) is 0 Å². The molecule has 1 amide bonds. The summed E-state index contributed by atoms with van der Waals surface area (Å²) < 4.78 is 12.9. The van der Waals surface area contributed by atoms with Gasteiger partial charge in [0.15, 0.2) is 0 Å². The van der Waals surface area contributed by atoms with Crippen molar-refractivity contribution < 1.29 is 19.1 Å². The summed E-state index contributed by atoms with van der Waals surface area (Å²) >= 11 is 0. The summed E-state index contributed by atoms with van der Waals surface area (Å²) in [6.45, 7) is 1.85. The Morgan fingerprint density at radius 2 is 1.71 bits per heavy atom. The molecule has 1 unspecified atom stereocenters. The summed E-state index contributed by atoms with van der Waals surface area (Å²) in [7, 11) is 0. The summed E-state index contributed by atoms with van der Waals surface area (Å²) in [6, 6.07) is 14.1. The van der Waals surface area contributed by atoms with Crippen molar-refractivity contribution in [3.8, 4) is 0 Å². The van der Waals surface area contributed by atoms with Crippen LogP contribution in [-0.4, -0.2) is 23.0 Å². The minimum Gasteiger partial charge on any atom is -0.480 e. The van der Waals surface area contributed by atoms with Crippen LogP contribution in [0.1, 0.15) is 30.4 Å². The Morgan fingerprint density at radius 1 is 1.08 bits per heavy atom. The second kappa shape index (κ2) is 8.24. The molecular weight excluding hydrogens is 309 g/mol. The van der Waals surface area contributed by atoms with Crippen molar-refractivity contribution in [1.29, 1.82) is 0 Å². The fraction of sp³-hybridized carbons (Fsp3) is 0.263. The van der Waals surface area contributed by atoms with Gasteiger partial charge in [0.05, 0.1) is 0 Å². The van der Waals surface area contributed by atoms with E-state index in [1.807, 2.05) is 37.3 Å². The average molecular weight is 329 g/mol. The average Bonchev–Trinajstić information content (AvgIpc) is 2.55. The molecule has 126 valence electrons. The third-order valence-corrected chi connectivity index (χ3v) is 3.85. The number of amides is 1. The lowest BCUT2D eigenvalue weighted by Crippen LogP contribution is -2.42. The van der Waals surface area contributed by atoms with Crippen LogP contribution in [0.3, 0.4) is 0 Å². The van der Waals surface area contributed by atoms with E-state index in [-0.39, 0.29) is 30.5 Å². The Kier molecular flexibility index (Phi) is 6.07. The largest absolute Gasteiger partial charge is 0.480 e. The second-order valence-electron chi connectivity index (χ2n) is 5.80. The molecule has 2 atom stereocenters. The zero-order chi connectivity index (χ0) is 17.5. The summed E-state index contributed by atoms with van der Waals surface area (Å²) in [5.74, 6) is -1.86. The molecule has 0 spiro atoms. The molecule has 2 aromatic carbocycles. The van der Waals surface area contributed by atoms with Gasteiger partial charge in [-0.15, -0.1) is 0 Å². The normalized spacial score (nSPS) is 13.1. The van der Waals surface area contributed by atoms with Gasteiger partial charge in [-0.2, -0.15) is 0 Å². The number of aliphatic carboxylic acids is 1. The second-order valence-corrected chi connectivity index (χ2v) is 5.80. The number of halogens is 1. The summed E-state index contributed by atoms with van der Waals surface area (Å²) in [4.78, 5) is 23.5. The van der Waals surface area contributed by atoms with Crippen molar-refractivity contribution >= 4 is 11.9 Å². The minimum absolute atomic E-state index is 0.128. The van der Waals surface area contributed by atoms with Gasteiger partial charge in [-0.05, 0) is 29.2 Å². The van der Waals surface area contributed by atoms with Gasteiger partial charge >= 0.3 is 5.97 Å². The van der Waals surface area contributed by atoms with Gasteiger partial charge in [0.2, 0.25) is 5.91 Å². The van der Waals surface area contributed by atoms with E-state index in [1.54, 1.807) is 12.1 Å². The molecule has 0 saturated heterocycles. The van der Waals surface area contributed by atoms with E-state index in [0.717, 1.165) is 11.1 Å². The first-order valence-corrected chi connectivity index (χ1v) is 7.77. The lowest BCUT2D eigenvalue weighted by molar-refractivity contribution is -0.141. The highest BCUT2D eigenvalue weighted by Gasteiger charge is 2.21. The maximum absolute atomic E-state index is 12.9. The molecule has 0 saturated carbocycles. The highest BCUT2D eigenvalue weighted by atomic mass is 19.1. The van der Waals surface area contributed by atoms with Gasteiger partial charge in [0.1, 0.15) is 11.9 Å². The number of carboxylic acid groups (broad SMARTS) is 1. The predicted molar refractivity (Wildman–Crippen MR) is 89.1 cm³/mol. The van der Waals surface area contributed by atoms with Gasteiger partial charge < -0.3 is 10.4 Å². The van der Waals surface area contributed by atoms with E-state index in [1.165, 1.54) is 12.1 Å². The van der Waals surface area contributed by atoms with E-state index in [4.69, 9.17) is 0 Å². The van der Waals surface area contributed by atoms with Crippen molar-refractivity contribution in [2.45, 2.75) is 31.7 Å². The van der Waals surface area contributed by atoms with Crippen LogP contribution >= 0.6 is 0 Å². The molecule has 2 N–H and O–H groups in total. The lowest BCUT2D eigenvalue weighted by Gasteiger charge is -2.17. The monoisotopic (exact) mass is 329 g/mol. The van der Waals surface area contributed by atoms with Gasteiger partial charge in [-0.3, -0.25) is 4.79 Å². The number of hydrogen-bond acceptors (Lipinski definition) is 2. The molecule has 24 heavy (non-hydrogen) atoms. The van der Waals surface area contributed by atoms with Crippen molar-refractivity contribution in [1.82, 2.24) is 5.32 Å². The molecule has 0 aliphatic carbocycles. The van der Waals surface area contributed by atoms with Crippen LogP contribution in [0, 0.1) is 5.82 Å². The molecule has 2 aromatic rings. The zero-order valence-electron chi connectivity index (χ0n) is 13.4. The van der Waals surface area contributed by atoms with E-state index in [2.05, 4.69) is 5.32 Å². The van der Waals surface area contributed by atoms with E-state index in [0.29, 0.717) is 0 Å². The Hall–Kier alpha value is -2.69. The van der Waals surface area contributed by atoms with Crippen molar-refractivity contribution in [2.75, 3.05) is 0 Å². The number of carbonyl (C=O) groups excluding carboxylic acids is 1. The molecule has 4 nitrogen and oxygen atoms in total. The highest BCUT2D eigenvalue weighted by Crippen LogP contribution is 2.19. The SMILES string of the molecule is CC(CC(=O)N[C@H](Cc1ccccc1)C(=O)O)c1ccc(F)cc1. The third-order valence-electron chi connectivity index (χ3n) is 3.85. The number of carbonyl (C=O) groups is 2. The quantitative estimate of drug-likeness (QED) is 0.820. The standard InChI is InChI=1S/C19H20FNO3/c1-13(15-7-9-16(20)10-8-15)11-18(22)21-17(19(23)24)12-14-5-3-2-4-6-14/h2-10,13,17H,11-12H2,1H3,(H,21,22)(H,23,24)/t13?,17-/m1/s1. The Bertz CT molecular complexity index is 686. The lowest BCUT2D eigenvalue weighted by atomic mass is 9.97. The summed E-state index contributed by atoms with van der Waals surface area (Å²) in [6.07, 6.45) is 0.372. The van der Waals surface area contributed by atoms with Crippen molar-refractivity contribution in [3.63, 3.8) is 0 Å². The summed E-state index contributed by atoms with van der Waals surface area (Å²) in [5.41, 5.74) is 1.68. The predicted octanol–water partition coefficient (Wildman–Crippen LogP) is 3.13. The number of hydrogen-bond donors (Lipinski definition) is 2. The fourth-order valence-electron chi connectivity index (χ4n) is 2.49. The third kappa shape index (κ3) is 5.19. The number of nitrogens with one attached hydrogen (secondary N) is 1. The zero-order valence-corrected chi connectivity index (χ0v) is 13.4. The number of rotatable bonds is 7.